The van der Waals surface area contributed by atoms with E-state index >= 15 is 0 Å². The summed E-state index contributed by atoms with van der Waals surface area (Å²) in [7, 11) is 0. The number of aliphatic carboxylic acids is 1. The monoisotopic (exact) mass is 262 g/mol. The molecule has 0 bridgehead atoms. The van der Waals surface area contributed by atoms with Crippen LogP contribution in [-0.4, -0.2) is 22.1 Å². The van der Waals surface area contributed by atoms with Gasteiger partial charge in [-0.3, -0.25) is 9.78 Å². The van der Waals surface area contributed by atoms with Gasteiger partial charge < -0.3 is 10.8 Å². The van der Waals surface area contributed by atoms with Gasteiger partial charge in [0.25, 0.3) is 0 Å². The summed E-state index contributed by atoms with van der Waals surface area (Å²) in [6, 6.07) is -0.299. The molecule has 100 valence electrons. The average molecular weight is 262 g/mol. The van der Waals surface area contributed by atoms with E-state index in [1.54, 1.807) is 0 Å². The molecule has 1 atom stereocenters. The Kier molecular flexibility index (Phi) is 3.66. The number of pyridine rings is 1. The molecule has 0 saturated heterocycles. The van der Waals surface area contributed by atoms with Crippen LogP contribution in [0.5, 0.6) is 0 Å². The number of rotatable bonds is 3. The molecule has 18 heavy (non-hydrogen) atoms. The second-order valence-electron chi connectivity index (χ2n) is 4.46. The molecule has 0 aliphatic rings. The normalized spacial score (nSPS) is 14.3. The van der Waals surface area contributed by atoms with E-state index in [1.165, 1.54) is 20.0 Å². The van der Waals surface area contributed by atoms with Gasteiger partial charge in [-0.2, -0.15) is 13.2 Å². The zero-order chi connectivity index (χ0) is 14.1. The molecule has 0 aliphatic heterocycles. The predicted molar refractivity (Wildman–Crippen MR) is 57.9 cm³/mol. The van der Waals surface area contributed by atoms with Crippen molar-refractivity contribution in [2.24, 2.45) is 5.73 Å². The quantitative estimate of drug-likeness (QED) is 0.870. The smallest absolute Gasteiger partial charge is 0.418 e. The molecule has 0 fully saturated rings. The van der Waals surface area contributed by atoms with Crippen LogP contribution in [0.4, 0.5) is 13.2 Å². The van der Waals surface area contributed by atoms with Crippen LogP contribution in [-0.2, 0) is 16.4 Å². The molecule has 1 aromatic heterocycles. The molecule has 1 unspecified atom stereocenters. The predicted octanol–water partition coefficient (Wildman–Crippen LogP) is 1.79. The molecule has 4 nitrogen and oxygen atoms in total. The molecular formula is C11H13F3N2O2. The van der Waals surface area contributed by atoms with E-state index in [0.717, 1.165) is 6.07 Å². The summed E-state index contributed by atoms with van der Waals surface area (Å²) < 4.78 is 38.4. The van der Waals surface area contributed by atoms with Gasteiger partial charge in [0.1, 0.15) is 6.04 Å². The third-order valence-corrected chi connectivity index (χ3v) is 2.86. The van der Waals surface area contributed by atoms with E-state index in [4.69, 9.17) is 10.8 Å². The molecule has 0 aromatic carbocycles. The zero-order valence-corrected chi connectivity index (χ0v) is 9.82. The maximum absolute atomic E-state index is 12.8. The molecule has 0 aliphatic carbocycles. The van der Waals surface area contributed by atoms with Gasteiger partial charge in [0.15, 0.2) is 0 Å². The SMILES string of the molecule is CC(C)(c1ccncc1C(F)(F)F)C(N)C(=O)O. The van der Waals surface area contributed by atoms with E-state index in [9.17, 15) is 18.0 Å². The Balaban J connectivity index is 3.37. The summed E-state index contributed by atoms with van der Waals surface area (Å²) in [5.74, 6) is -1.36. The fourth-order valence-corrected chi connectivity index (χ4v) is 1.66. The van der Waals surface area contributed by atoms with Crippen molar-refractivity contribution in [1.29, 1.82) is 0 Å². The van der Waals surface area contributed by atoms with Crippen molar-refractivity contribution in [3.63, 3.8) is 0 Å². The highest BCUT2D eigenvalue weighted by molar-refractivity contribution is 5.75. The first-order valence-corrected chi connectivity index (χ1v) is 5.08. The van der Waals surface area contributed by atoms with E-state index in [-0.39, 0.29) is 5.56 Å². The van der Waals surface area contributed by atoms with Crippen molar-refractivity contribution in [2.75, 3.05) is 0 Å². The van der Waals surface area contributed by atoms with Crippen LogP contribution in [0, 0.1) is 0 Å². The highest BCUT2D eigenvalue weighted by Crippen LogP contribution is 2.38. The van der Waals surface area contributed by atoms with Crippen molar-refractivity contribution in [2.45, 2.75) is 31.5 Å². The first-order chi connectivity index (χ1) is 8.08. The minimum atomic E-state index is -4.60. The minimum absolute atomic E-state index is 0.181. The first kappa shape index (κ1) is 14.4. The Morgan fingerprint density at radius 1 is 1.39 bits per heavy atom. The van der Waals surface area contributed by atoms with Crippen molar-refractivity contribution >= 4 is 5.97 Å². The summed E-state index contributed by atoms with van der Waals surface area (Å²) >= 11 is 0. The number of hydrogen-bond donors (Lipinski definition) is 2. The molecule has 3 N–H and O–H groups in total. The topological polar surface area (TPSA) is 76.2 Å². The number of hydrogen-bond acceptors (Lipinski definition) is 3. The van der Waals surface area contributed by atoms with Gasteiger partial charge in [0.05, 0.1) is 5.56 Å². The first-order valence-electron chi connectivity index (χ1n) is 5.08. The van der Waals surface area contributed by atoms with Crippen molar-refractivity contribution in [3.05, 3.63) is 29.6 Å². The maximum Gasteiger partial charge on any atom is 0.418 e. The number of carboxylic acids is 1. The lowest BCUT2D eigenvalue weighted by atomic mass is 9.76. The molecule has 7 heteroatoms. The van der Waals surface area contributed by atoms with Gasteiger partial charge in [-0.15, -0.1) is 0 Å². The number of carbonyl (C=O) groups is 1. The Morgan fingerprint density at radius 2 is 1.94 bits per heavy atom. The third-order valence-electron chi connectivity index (χ3n) is 2.86. The van der Waals surface area contributed by atoms with E-state index in [2.05, 4.69) is 4.98 Å². The van der Waals surface area contributed by atoms with E-state index in [0.29, 0.717) is 6.20 Å². The van der Waals surface area contributed by atoms with E-state index < -0.39 is 29.2 Å². The number of halogens is 3. The number of aromatic nitrogens is 1. The van der Waals surface area contributed by atoms with Crippen molar-refractivity contribution in [3.8, 4) is 0 Å². The molecule has 1 aromatic rings. The second kappa shape index (κ2) is 4.56. The third kappa shape index (κ3) is 2.61. The van der Waals surface area contributed by atoms with Gasteiger partial charge in [-0.05, 0) is 11.6 Å². The number of nitrogens with zero attached hydrogens (tertiary/aromatic N) is 1. The van der Waals surface area contributed by atoms with Crippen LogP contribution in [0.3, 0.4) is 0 Å². The molecule has 0 saturated carbocycles. The minimum Gasteiger partial charge on any atom is -0.480 e. The number of carboxylic acid groups (broad SMARTS) is 1. The summed E-state index contributed by atoms with van der Waals surface area (Å²) in [5.41, 5.74) is 2.94. The van der Waals surface area contributed by atoms with Gasteiger partial charge in [-0.1, -0.05) is 13.8 Å². The van der Waals surface area contributed by atoms with Gasteiger partial charge in [0.2, 0.25) is 0 Å². The van der Waals surface area contributed by atoms with Crippen LogP contribution in [0.15, 0.2) is 18.5 Å². The standard InChI is InChI=1S/C11H13F3N2O2/c1-10(2,8(15)9(17)18)6-3-4-16-5-7(6)11(12,13)14/h3-5,8H,15H2,1-2H3,(H,17,18). The van der Waals surface area contributed by atoms with Crippen LogP contribution in [0.1, 0.15) is 25.0 Å². The van der Waals surface area contributed by atoms with Crippen LogP contribution in [0.25, 0.3) is 0 Å². The van der Waals surface area contributed by atoms with Gasteiger partial charge in [-0.25, -0.2) is 0 Å². The van der Waals surface area contributed by atoms with Crippen molar-refractivity contribution in [1.82, 2.24) is 4.98 Å². The number of nitrogens with two attached hydrogens (primary N) is 1. The lowest BCUT2D eigenvalue weighted by molar-refractivity contribution is -0.143. The Bertz CT molecular complexity index is 458. The molecule has 1 heterocycles. The fraction of sp³-hybridized carbons (Fsp3) is 0.455. The van der Waals surface area contributed by atoms with Gasteiger partial charge >= 0.3 is 12.1 Å². The van der Waals surface area contributed by atoms with Crippen LogP contribution in [0.2, 0.25) is 0 Å². The summed E-state index contributed by atoms with van der Waals surface area (Å²) in [4.78, 5) is 14.3. The molecule has 0 spiro atoms. The van der Waals surface area contributed by atoms with Crippen LogP contribution < -0.4 is 5.73 Å². The highest BCUT2D eigenvalue weighted by atomic mass is 19.4. The average Bonchev–Trinajstić information content (AvgIpc) is 2.26. The highest BCUT2D eigenvalue weighted by Gasteiger charge is 2.42. The molecular weight excluding hydrogens is 249 g/mol. The zero-order valence-electron chi connectivity index (χ0n) is 9.82. The summed E-state index contributed by atoms with van der Waals surface area (Å²) in [5, 5.41) is 8.85. The number of alkyl halides is 3. The molecule has 0 amide bonds. The fourth-order valence-electron chi connectivity index (χ4n) is 1.66. The van der Waals surface area contributed by atoms with E-state index in [1.807, 2.05) is 0 Å². The van der Waals surface area contributed by atoms with Gasteiger partial charge in [0, 0.05) is 17.8 Å². The summed E-state index contributed by atoms with van der Waals surface area (Å²) in [6.45, 7) is 2.72. The summed E-state index contributed by atoms with van der Waals surface area (Å²) in [6.07, 6.45) is -2.74. The Labute approximate surface area is 102 Å². The Morgan fingerprint density at radius 3 is 2.39 bits per heavy atom. The van der Waals surface area contributed by atoms with Crippen molar-refractivity contribution < 1.29 is 23.1 Å². The Hall–Kier alpha value is -1.63. The second-order valence-corrected chi connectivity index (χ2v) is 4.46. The lowest BCUT2D eigenvalue weighted by Gasteiger charge is -2.31. The maximum atomic E-state index is 12.8. The lowest BCUT2D eigenvalue weighted by Crippen LogP contribution is -2.47. The largest absolute Gasteiger partial charge is 0.480 e. The molecule has 1 rings (SSSR count). The van der Waals surface area contributed by atoms with Crippen LogP contribution >= 0.6 is 0 Å². The molecule has 0 radical (unpaired) electrons.